The van der Waals surface area contributed by atoms with Crippen LogP contribution in [0.25, 0.3) is 0 Å². The average molecular weight is 320 g/mol. The molecule has 4 aliphatic rings. The first-order valence-corrected chi connectivity index (χ1v) is 9.25. The monoisotopic (exact) mass is 320 g/mol. The van der Waals surface area contributed by atoms with E-state index in [9.17, 15) is 9.59 Å². The van der Waals surface area contributed by atoms with Crippen molar-refractivity contribution in [2.45, 2.75) is 45.6 Å². The summed E-state index contributed by atoms with van der Waals surface area (Å²) in [6, 6.07) is 0.683. The molecule has 0 aromatic rings. The normalized spacial score (nSPS) is 41.7. The lowest BCUT2D eigenvalue weighted by molar-refractivity contribution is -0.121. The number of amides is 1. The first kappa shape index (κ1) is 15.4. The van der Waals surface area contributed by atoms with Gasteiger partial charge in [0, 0.05) is 44.6 Å². The molecule has 1 spiro atoms. The molecule has 2 saturated carbocycles. The Morgan fingerprint density at radius 3 is 2.48 bits per heavy atom. The highest BCUT2D eigenvalue weighted by molar-refractivity contribution is 5.84. The Kier molecular flexibility index (Phi) is 3.67. The zero-order chi connectivity index (χ0) is 16.2. The molecule has 128 valence electrons. The molecule has 0 aromatic carbocycles. The Hall–Kier alpha value is -1.10. The van der Waals surface area contributed by atoms with E-state index in [-0.39, 0.29) is 6.09 Å². The number of Topliss-reactive ketones (excluding diaryl/α,β-unsaturated/α-hetero) is 1. The largest absolute Gasteiger partial charge is 0.450 e. The highest BCUT2D eigenvalue weighted by Crippen LogP contribution is 2.57. The van der Waals surface area contributed by atoms with Crippen LogP contribution in [0.4, 0.5) is 4.79 Å². The van der Waals surface area contributed by atoms with Gasteiger partial charge in [-0.1, -0.05) is 6.92 Å². The van der Waals surface area contributed by atoms with Crippen LogP contribution in [-0.4, -0.2) is 60.5 Å². The van der Waals surface area contributed by atoms with Gasteiger partial charge in [-0.3, -0.25) is 9.69 Å². The Bertz CT molecular complexity index is 502. The predicted molar refractivity (Wildman–Crippen MR) is 86.0 cm³/mol. The van der Waals surface area contributed by atoms with Crippen LogP contribution in [0.2, 0.25) is 0 Å². The highest BCUT2D eigenvalue weighted by atomic mass is 16.6. The van der Waals surface area contributed by atoms with E-state index in [1.54, 1.807) is 0 Å². The van der Waals surface area contributed by atoms with E-state index < -0.39 is 0 Å². The van der Waals surface area contributed by atoms with Crippen molar-refractivity contribution in [3.8, 4) is 0 Å². The molecule has 2 heterocycles. The summed E-state index contributed by atoms with van der Waals surface area (Å²) >= 11 is 0. The fraction of sp³-hybridized carbons (Fsp3) is 0.889. The molecule has 5 nitrogen and oxygen atoms in total. The van der Waals surface area contributed by atoms with Crippen LogP contribution >= 0.6 is 0 Å². The molecule has 5 heteroatoms. The summed E-state index contributed by atoms with van der Waals surface area (Å²) in [5.41, 5.74) is 0.350. The lowest BCUT2D eigenvalue weighted by atomic mass is 9.64. The molecule has 4 rings (SSSR count). The van der Waals surface area contributed by atoms with Gasteiger partial charge in [-0.2, -0.15) is 0 Å². The van der Waals surface area contributed by atoms with Gasteiger partial charge in [-0.05, 0) is 43.4 Å². The molecule has 2 aliphatic carbocycles. The minimum atomic E-state index is -0.142. The third-order valence-electron chi connectivity index (χ3n) is 6.76. The minimum absolute atomic E-state index is 0.142. The number of fused-ring (bicyclic) bond motifs is 1. The maximum absolute atomic E-state index is 11.8. The molecular formula is C18H28N2O3. The second-order valence-corrected chi connectivity index (χ2v) is 8.06. The number of likely N-dealkylation sites (tertiary alicyclic amines) is 2. The molecule has 2 saturated heterocycles. The first-order chi connectivity index (χ1) is 11.1. The third kappa shape index (κ3) is 2.48. The van der Waals surface area contributed by atoms with Crippen LogP contribution in [-0.2, 0) is 9.53 Å². The fourth-order valence-electron chi connectivity index (χ4n) is 5.41. The number of carbonyl (C=O) groups excluding carboxylic acids is 2. The average Bonchev–Trinajstić information content (AvgIpc) is 2.91. The zero-order valence-corrected chi connectivity index (χ0v) is 14.3. The number of hydrogen-bond donors (Lipinski definition) is 0. The molecule has 3 atom stereocenters. The number of hydrogen-bond acceptors (Lipinski definition) is 4. The van der Waals surface area contributed by atoms with Crippen molar-refractivity contribution in [1.82, 2.24) is 9.80 Å². The van der Waals surface area contributed by atoms with Crippen molar-refractivity contribution >= 4 is 11.9 Å². The van der Waals surface area contributed by atoms with Crippen LogP contribution in [0.3, 0.4) is 0 Å². The Morgan fingerprint density at radius 1 is 1.17 bits per heavy atom. The third-order valence-corrected chi connectivity index (χ3v) is 6.76. The Morgan fingerprint density at radius 2 is 1.87 bits per heavy atom. The van der Waals surface area contributed by atoms with E-state index in [4.69, 9.17) is 4.74 Å². The van der Waals surface area contributed by atoms with E-state index >= 15 is 0 Å². The number of ether oxygens (including phenoxy) is 1. The second kappa shape index (κ2) is 5.47. The lowest BCUT2D eigenvalue weighted by Crippen LogP contribution is -2.52. The quantitative estimate of drug-likeness (QED) is 0.796. The van der Waals surface area contributed by atoms with E-state index in [0.717, 1.165) is 32.6 Å². The van der Waals surface area contributed by atoms with Gasteiger partial charge in [0.05, 0.1) is 6.61 Å². The van der Waals surface area contributed by atoms with Gasteiger partial charge >= 0.3 is 6.09 Å². The zero-order valence-electron chi connectivity index (χ0n) is 14.3. The summed E-state index contributed by atoms with van der Waals surface area (Å²) in [5.74, 6) is 2.17. The summed E-state index contributed by atoms with van der Waals surface area (Å²) in [5, 5.41) is 0. The van der Waals surface area contributed by atoms with Gasteiger partial charge in [0.1, 0.15) is 5.78 Å². The molecule has 1 amide bonds. The molecule has 0 aromatic heterocycles. The molecule has 0 radical (unpaired) electrons. The summed E-state index contributed by atoms with van der Waals surface area (Å²) < 4.78 is 5.12. The van der Waals surface area contributed by atoms with Crippen molar-refractivity contribution in [2.75, 3.05) is 32.8 Å². The van der Waals surface area contributed by atoms with Gasteiger partial charge < -0.3 is 9.64 Å². The van der Waals surface area contributed by atoms with Gasteiger partial charge in [-0.25, -0.2) is 4.79 Å². The topological polar surface area (TPSA) is 49.9 Å². The summed E-state index contributed by atoms with van der Waals surface area (Å²) in [6.45, 7) is 8.29. The summed E-state index contributed by atoms with van der Waals surface area (Å²) in [7, 11) is 0. The first-order valence-electron chi connectivity index (χ1n) is 9.25. The van der Waals surface area contributed by atoms with Crippen LogP contribution in [0.1, 0.15) is 39.5 Å². The highest BCUT2D eigenvalue weighted by Gasteiger charge is 2.61. The van der Waals surface area contributed by atoms with Gasteiger partial charge in [-0.15, -0.1) is 0 Å². The SMILES string of the molecule is CCOC(=O)N1CCC2(CC(N3C[C@@H]4C(C(=O)CC)[C@@H]4C3)C2)C1. The smallest absolute Gasteiger partial charge is 0.409 e. The van der Waals surface area contributed by atoms with Gasteiger partial charge in [0.25, 0.3) is 0 Å². The van der Waals surface area contributed by atoms with E-state index in [2.05, 4.69) is 4.90 Å². The molecule has 0 N–H and O–H groups in total. The number of nitrogens with zero attached hydrogens (tertiary/aromatic N) is 2. The summed E-state index contributed by atoms with van der Waals surface area (Å²) in [4.78, 5) is 28.2. The van der Waals surface area contributed by atoms with Crippen LogP contribution < -0.4 is 0 Å². The molecular weight excluding hydrogens is 292 g/mol. The molecule has 0 bridgehead atoms. The molecule has 23 heavy (non-hydrogen) atoms. The van der Waals surface area contributed by atoms with E-state index in [1.807, 2.05) is 18.7 Å². The lowest BCUT2D eigenvalue weighted by Gasteiger charge is -2.49. The fourth-order valence-corrected chi connectivity index (χ4v) is 5.41. The van der Waals surface area contributed by atoms with Crippen LogP contribution in [0.5, 0.6) is 0 Å². The molecule has 4 fully saturated rings. The van der Waals surface area contributed by atoms with Crippen molar-refractivity contribution in [2.24, 2.45) is 23.2 Å². The summed E-state index contributed by atoms with van der Waals surface area (Å²) in [6.07, 6.45) is 4.12. The van der Waals surface area contributed by atoms with Gasteiger partial charge in [0.15, 0.2) is 0 Å². The number of carbonyl (C=O) groups is 2. The number of ketones is 1. The number of rotatable bonds is 4. The van der Waals surface area contributed by atoms with E-state index in [0.29, 0.717) is 48.0 Å². The van der Waals surface area contributed by atoms with Crippen molar-refractivity contribution < 1.29 is 14.3 Å². The predicted octanol–water partition coefficient (Wildman–Crippen LogP) is 2.15. The van der Waals surface area contributed by atoms with Crippen molar-refractivity contribution in [1.29, 1.82) is 0 Å². The maximum atomic E-state index is 11.8. The van der Waals surface area contributed by atoms with E-state index in [1.165, 1.54) is 12.8 Å². The maximum Gasteiger partial charge on any atom is 0.409 e. The van der Waals surface area contributed by atoms with Gasteiger partial charge in [0.2, 0.25) is 0 Å². The van der Waals surface area contributed by atoms with Crippen molar-refractivity contribution in [3.05, 3.63) is 0 Å². The molecule has 2 aliphatic heterocycles. The van der Waals surface area contributed by atoms with Crippen LogP contribution in [0, 0.1) is 23.2 Å². The second-order valence-electron chi connectivity index (χ2n) is 8.06. The standard InChI is InChI=1S/C18H28N2O3/c1-3-15(21)16-13-9-20(10-14(13)16)12-7-18(8-12)5-6-19(11-18)17(22)23-4-2/h12-14,16H,3-11H2,1-2H3/t12?,13-,14+,16?,18?. The Labute approximate surface area is 138 Å². The van der Waals surface area contributed by atoms with Crippen molar-refractivity contribution in [3.63, 3.8) is 0 Å². The van der Waals surface area contributed by atoms with Crippen LogP contribution in [0.15, 0.2) is 0 Å². The number of piperidine rings is 1. The Balaban J connectivity index is 1.24. The minimum Gasteiger partial charge on any atom is -0.450 e. The molecule has 1 unspecified atom stereocenters.